The van der Waals surface area contributed by atoms with E-state index in [9.17, 15) is 4.39 Å². The molecule has 0 saturated carbocycles. The second-order valence-corrected chi connectivity index (χ2v) is 6.75. The molecular weight excluding hydrogens is 329 g/mol. The minimum absolute atomic E-state index is 0.0637. The normalized spacial score (nSPS) is 12.5. The Bertz CT molecular complexity index is 593. The van der Waals surface area contributed by atoms with Crippen LogP contribution in [0.1, 0.15) is 37.9 Å². The fourth-order valence-corrected chi connectivity index (χ4v) is 2.67. The Hall–Kier alpha value is -1.35. The highest BCUT2D eigenvalue weighted by Gasteiger charge is 2.09. The molecule has 1 N–H and O–H groups in total. The first kappa shape index (κ1) is 16.0. The molecule has 2 rings (SSSR count). The van der Waals surface area contributed by atoms with Crippen LogP contribution in [0, 0.1) is 11.7 Å². The zero-order valence-corrected chi connectivity index (χ0v) is 14.2. The van der Waals surface area contributed by atoms with Crippen molar-refractivity contribution in [3.8, 4) is 0 Å². The van der Waals surface area contributed by atoms with Gasteiger partial charge < -0.3 is 5.32 Å². The van der Waals surface area contributed by atoms with Crippen LogP contribution in [0.2, 0.25) is 0 Å². The van der Waals surface area contributed by atoms with Crippen LogP contribution < -0.4 is 5.32 Å². The Morgan fingerprint density at radius 1 is 1.05 bits per heavy atom. The lowest BCUT2D eigenvalue weighted by molar-refractivity contribution is 0.626. The average Bonchev–Trinajstić information content (AvgIpc) is 2.42. The lowest BCUT2D eigenvalue weighted by Crippen LogP contribution is -2.08. The quantitative estimate of drug-likeness (QED) is 0.702. The van der Waals surface area contributed by atoms with Gasteiger partial charge in [-0.05, 0) is 48.6 Å². The van der Waals surface area contributed by atoms with Crippen LogP contribution in [0.25, 0.3) is 0 Å². The molecule has 0 aliphatic carbocycles. The van der Waals surface area contributed by atoms with Gasteiger partial charge in [-0.3, -0.25) is 0 Å². The number of hydrogen-bond acceptors (Lipinski definition) is 1. The summed E-state index contributed by atoms with van der Waals surface area (Å²) in [6.45, 7) is 6.47. The van der Waals surface area contributed by atoms with Gasteiger partial charge in [0.15, 0.2) is 0 Å². The van der Waals surface area contributed by atoms with Gasteiger partial charge in [0.1, 0.15) is 5.82 Å². The van der Waals surface area contributed by atoms with Crippen LogP contribution in [0.15, 0.2) is 46.9 Å². The van der Waals surface area contributed by atoms with Crippen molar-refractivity contribution in [3.63, 3.8) is 0 Å². The van der Waals surface area contributed by atoms with Gasteiger partial charge >= 0.3 is 0 Å². The minimum Gasteiger partial charge on any atom is -0.376 e. The summed E-state index contributed by atoms with van der Waals surface area (Å²) in [4.78, 5) is 0. The van der Waals surface area contributed by atoms with E-state index in [1.807, 2.05) is 13.0 Å². The number of nitrogens with one attached hydrogen (secondary N) is 1. The molecular formula is C18H21BrFN. The van der Waals surface area contributed by atoms with E-state index < -0.39 is 0 Å². The van der Waals surface area contributed by atoms with Gasteiger partial charge in [-0.25, -0.2) is 4.39 Å². The first-order valence-electron chi connectivity index (χ1n) is 7.26. The van der Waals surface area contributed by atoms with E-state index in [4.69, 9.17) is 0 Å². The molecule has 1 nitrogen and oxygen atoms in total. The summed E-state index contributed by atoms with van der Waals surface area (Å²) in [7, 11) is 0. The summed E-state index contributed by atoms with van der Waals surface area (Å²) in [5.41, 5.74) is 3.03. The van der Waals surface area contributed by atoms with Crippen molar-refractivity contribution in [1.82, 2.24) is 0 Å². The molecule has 1 atom stereocenters. The van der Waals surface area contributed by atoms with E-state index in [2.05, 4.69) is 59.4 Å². The van der Waals surface area contributed by atoms with E-state index in [0.29, 0.717) is 11.6 Å². The van der Waals surface area contributed by atoms with E-state index >= 15 is 0 Å². The van der Waals surface area contributed by atoms with Gasteiger partial charge in [0.05, 0.1) is 5.69 Å². The van der Waals surface area contributed by atoms with Gasteiger partial charge in [0.25, 0.3) is 0 Å². The second-order valence-electron chi connectivity index (χ2n) is 5.83. The maximum atomic E-state index is 13.8. The van der Waals surface area contributed by atoms with Gasteiger partial charge in [-0.2, -0.15) is 0 Å². The van der Waals surface area contributed by atoms with Crippen molar-refractivity contribution in [2.75, 3.05) is 5.32 Å². The van der Waals surface area contributed by atoms with Crippen LogP contribution in [-0.4, -0.2) is 0 Å². The molecule has 0 saturated heterocycles. The summed E-state index contributed by atoms with van der Waals surface area (Å²) in [5.74, 6) is 0.413. The first-order valence-corrected chi connectivity index (χ1v) is 8.05. The van der Waals surface area contributed by atoms with Crippen LogP contribution in [0.3, 0.4) is 0 Å². The van der Waals surface area contributed by atoms with Gasteiger partial charge in [0.2, 0.25) is 0 Å². The highest BCUT2D eigenvalue weighted by atomic mass is 79.9. The van der Waals surface area contributed by atoms with E-state index in [1.165, 1.54) is 11.6 Å². The summed E-state index contributed by atoms with van der Waals surface area (Å²) >= 11 is 3.27. The van der Waals surface area contributed by atoms with E-state index in [-0.39, 0.29) is 11.9 Å². The Morgan fingerprint density at radius 3 is 2.29 bits per heavy atom. The van der Waals surface area contributed by atoms with Crippen molar-refractivity contribution < 1.29 is 4.39 Å². The summed E-state index contributed by atoms with van der Waals surface area (Å²) in [5, 5.41) is 3.22. The predicted molar refractivity (Wildman–Crippen MR) is 91.1 cm³/mol. The number of hydrogen-bond donors (Lipinski definition) is 1. The molecule has 0 aliphatic rings. The fraction of sp³-hybridized carbons (Fsp3) is 0.333. The zero-order valence-electron chi connectivity index (χ0n) is 12.7. The number of anilines is 1. The molecule has 0 heterocycles. The van der Waals surface area contributed by atoms with Gasteiger partial charge in [-0.15, -0.1) is 0 Å². The smallest absolute Gasteiger partial charge is 0.147 e. The largest absolute Gasteiger partial charge is 0.376 e. The molecule has 0 radical (unpaired) electrons. The lowest BCUT2D eigenvalue weighted by Gasteiger charge is -2.17. The lowest BCUT2D eigenvalue weighted by atomic mass is 10.00. The molecule has 0 amide bonds. The Kier molecular flexibility index (Phi) is 5.40. The van der Waals surface area contributed by atoms with Crippen LogP contribution in [0.5, 0.6) is 0 Å². The maximum Gasteiger partial charge on any atom is 0.147 e. The summed E-state index contributed by atoms with van der Waals surface area (Å²) < 4.78 is 14.6. The van der Waals surface area contributed by atoms with Crippen molar-refractivity contribution in [3.05, 3.63) is 63.9 Å². The molecule has 21 heavy (non-hydrogen) atoms. The number of halogens is 2. The standard InChI is InChI=1S/C18H21BrFN/c1-12(2)10-14-4-6-15(7-5-14)13(3)21-18-9-8-16(19)11-17(18)20/h4-9,11-13,21H,10H2,1-3H3. The third kappa shape index (κ3) is 4.57. The Labute approximate surface area is 134 Å². The summed E-state index contributed by atoms with van der Waals surface area (Å²) in [6.07, 6.45) is 1.09. The monoisotopic (exact) mass is 349 g/mol. The van der Waals surface area contributed by atoms with Crippen molar-refractivity contribution in [1.29, 1.82) is 0 Å². The van der Waals surface area contributed by atoms with Crippen LogP contribution >= 0.6 is 15.9 Å². The Morgan fingerprint density at radius 2 is 1.71 bits per heavy atom. The Balaban J connectivity index is 2.07. The predicted octanol–water partition coefficient (Wildman–Crippen LogP) is 5.96. The molecule has 0 spiro atoms. The number of benzene rings is 2. The van der Waals surface area contributed by atoms with Crippen molar-refractivity contribution in [2.45, 2.75) is 33.2 Å². The maximum absolute atomic E-state index is 13.8. The molecule has 0 fully saturated rings. The highest BCUT2D eigenvalue weighted by Crippen LogP contribution is 2.24. The van der Waals surface area contributed by atoms with Crippen molar-refractivity contribution >= 4 is 21.6 Å². The fourth-order valence-electron chi connectivity index (χ4n) is 2.34. The van der Waals surface area contributed by atoms with E-state index in [0.717, 1.165) is 16.5 Å². The van der Waals surface area contributed by atoms with Crippen LogP contribution in [0.4, 0.5) is 10.1 Å². The van der Waals surface area contributed by atoms with Gasteiger partial charge in [0, 0.05) is 10.5 Å². The minimum atomic E-state index is -0.243. The molecule has 0 bridgehead atoms. The molecule has 2 aromatic rings. The molecule has 1 unspecified atom stereocenters. The summed E-state index contributed by atoms with van der Waals surface area (Å²) in [6, 6.07) is 13.7. The highest BCUT2D eigenvalue weighted by molar-refractivity contribution is 9.10. The molecule has 2 aromatic carbocycles. The number of rotatable bonds is 5. The molecule has 3 heteroatoms. The van der Waals surface area contributed by atoms with Crippen LogP contribution in [-0.2, 0) is 6.42 Å². The third-order valence-corrected chi connectivity index (χ3v) is 3.92. The second kappa shape index (κ2) is 7.08. The van der Waals surface area contributed by atoms with E-state index in [1.54, 1.807) is 6.07 Å². The molecule has 0 aromatic heterocycles. The third-order valence-electron chi connectivity index (χ3n) is 3.43. The van der Waals surface area contributed by atoms with Crippen molar-refractivity contribution in [2.24, 2.45) is 5.92 Å². The van der Waals surface area contributed by atoms with Gasteiger partial charge in [-0.1, -0.05) is 54.0 Å². The average molecular weight is 350 g/mol. The first-order chi connectivity index (χ1) is 9.95. The molecule has 112 valence electrons. The zero-order chi connectivity index (χ0) is 15.4. The molecule has 0 aliphatic heterocycles. The SMILES string of the molecule is CC(C)Cc1ccc(C(C)Nc2ccc(Br)cc2F)cc1. The topological polar surface area (TPSA) is 12.0 Å².